The van der Waals surface area contributed by atoms with Crippen LogP contribution >= 0.6 is 23.2 Å². The van der Waals surface area contributed by atoms with E-state index in [-0.39, 0.29) is 57.6 Å². The van der Waals surface area contributed by atoms with E-state index in [4.69, 9.17) is 46.9 Å². The second kappa shape index (κ2) is 15.3. The number of hydrogen-bond donors (Lipinski definition) is 7. The van der Waals surface area contributed by atoms with Gasteiger partial charge in [-0.3, -0.25) is 9.59 Å². The van der Waals surface area contributed by atoms with E-state index in [1.807, 2.05) is 0 Å². The van der Waals surface area contributed by atoms with Crippen molar-refractivity contribution in [3.05, 3.63) is 68.7 Å². The summed E-state index contributed by atoms with van der Waals surface area (Å²) in [5, 5.41) is 66.3. The number of nitrogens with one attached hydrogen (secondary N) is 1. The highest BCUT2D eigenvalue weighted by Crippen LogP contribution is 2.35. The van der Waals surface area contributed by atoms with E-state index in [0.29, 0.717) is 11.1 Å². The third-order valence-electron chi connectivity index (χ3n) is 8.56. The van der Waals surface area contributed by atoms with Crippen molar-refractivity contribution < 1.29 is 63.9 Å². The largest absolute Gasteiger partial charge is 0.504 e. The lowest BCUT2D eigenvalue weighted by Crippen LogP contribution is -2.67. The number of hydrogen-bond acceptors (Lipinski definition) is 13. The molecule has 10 atom stereocenters. The molecule has 1 saturated carbocycles. The minimum absolute atomic E-state index is 0.0526. The molecule has 5 rings (SSSR count). The van der Waals surface area contributed by atoms with Crippen LogP contribution in [0.1, 0.15) is 36.7 Å². The minimum Gasteiger partial charge on any atom is -0.504 e. The van der Waals surface area contributed by atoms with E-state index in [0.717, 1.165) is 0 Å². The number of phenols is 1. The molecule has 3 fully saturated rings. The van der Waals surface area contributed by atoms with Crippen molar-refractivity contribution in [2.24, 2.45) is 0 Å². The van der Waals surface area contributed by atoms with Crippen molar-refractivity contribution in [3.8, 4) is 17.2 Å². The van der Waals surface area contributed by atoms with Crippen molar-refractivity contribution in [1.29, 1.82) is 0 Å². The number of ketones is 1. The molecular weight excluding hydrogens is 689 g/mol. The number of ether oxygens (including phenoxy) is 5. The first-order valence-electron chi connectivity index (χ1n) is 15.2. The van der Waals surface area contributed by atoms with Gasteiger partial charge in [-0.25, -0.2) is 0 Å². The fourth-order valence-electron chi connectivity index (χ4n) is 5.85. The molecule has 14 nitrogen and oxygen atoms in total. The molecular formula is C33H37Cl2NO13. The number of carbonyl (C=O) groups is 2. The highest BCUT2D eigenvalue weighted by atomic mass is 35.5. The maximum absolute atomic E-state index is 12.9. The Morgan fingerprint density at radius 1 is 0.939 bits per heavy atom. The van der Waals surface area contributed by atoms with Crippen LogP contribution in [-0.2, 0) is 19.0 Å². The van der Waals surface area contributed by atoms with E-state index in [2.05, 4.69) is 5.32 Å². The van der Waals surface area contributed by atoms with E-state index < -0.39 is 67.1 Å². The maximum atomic E-state index is 12.9. The zero-order chi connectivity index (χ0) is 35.7. The van der Waals surface area contributed by atoms with E-state index in [9.17, 15) is 40.2 Å². The monoisotopic (exact) mass is 725 g/mol. The van der Waals surface area contributed by atoms with Gasteiger partial charge in [0.2, 0.25) is 12.2 Å². The molecule has 0 unspecified atom stereocenters. The molecule has 0 aromatic heterocycles. The zero-order valence-corrected chi connectivity index (χ0v) is 28.0. The Balaban J connectivity index is 1.19. The van der Waals surface area contributed by atoms with E-state index in [1.165, 1.54) is 50.3 Å². The average Bonchev–Trinajstić information content (AvgIpc) is 3.65. The van der Waals surface area contributed by atoms with Gasteiger partial charge in [0.15, 0.2) is 17.3 Å². The maximum Gasteiger partial charge on any atom is 0.247 e. The second-order valence-corrected chi connectivity index (χ2v) is 12.9. The van der Waals surface area contributed by atoms with Crippen molar-refractivity contribution in [1.82, 2.24) is 5.32 Å². The normalized spacial score (nSPS) is 31.7. The third kappa shape index (κ3) is 7.89. The van der Waals surface area contributed by atoms with Gasteiger partial charge in [-0.05, 0) is 68.3 Å². The summed E-state index contributed by atoms with van der Waals surface area (Å²) < 4.78 is 27.7. The number of aliphatic hydroxyl groups is 5. The first-order valence-corrected chi connectivity index (χ1v) is 16.0. The number of halogens is 2. The highest BCUT2D eigenvalue weighted by Gasteiger charge is 2.53. The van der Waals surface area contributed by atoms with Crippen LogP contribution in [0.15, 0.2) is 47.6 Å². The molecule has 0 radical (unpaired) electrons. The lowest BCUT2D eigenvalue weighted by Gasteiger charge is -2.41. The lowest BCUT2D eigenvalue weighted by molar-refractivity contribution is -0.155. The van der Waals surface area contributed by atoms with Crippen LogP contribution in [0.4, 0.5) is 0 Å². The van der Waals surface area contributed by atoms with Crippen molar-refractivity contribution >= 4 is 41.0 Å². The molecule has 16 heteroatoms. The van der Waals surface area contributed by atoms with Gasteiger partial charge in [0.05, 0.1) is 16.6 Å². The summed E-state index contributed by atoms with van der Waals surface area (Å²) in [4.78, 5) is 24.9. The Bertz CT molecular complexity index is 1630. The number of aromatic hydroxyl groups is 1. The van der Waals surface area contributed by atoms with Gasteiger partial charge < -0.3 is 59.6 Å². The molecule has 3 aliphatic rings. The molecule has 266 valence electrons. The molecule has 1 amide bonds. The van der Waals surface area contributed by atoms with E-state index >= 15 is 0 Å². The van der Waals surface area contributed by atoms with Crippen molar-refractivity contribution in [2.45, 2.75) is 81.9 Å². The van der Waals surface area contributed by atoms with Gasteiger partial charge >= 0.3 is 0 Å². The number of Topliss-reactive ketones (excluding diaryl/α,β-unsaturated/α-hetero) is 1. The average molecular weight is 727 g/mol. The number of rotatable bonds is 10. The third-order valence-corrected chi connectivity index (χ3v) is 9.06. The van der Waals surface area contributed by atoms with E-state index in [1.54, 1.807) is 13.0 Å². The minimum atomic E-state index is -1.51. The fourth-order valence-corrected chi connectivity index (χ4v) is 6.39. The molecule has 2 aliphatic heterocycles. The second-order valence-electron chi connectivity index (χ2n) is 12.0. The molecule has 2 saturated heterocycles. The lowest BCUT2D eigenvalue weighted by atomic mass is 9.83. The molecule has 2 heterocycles. The number of fused-ring (bicyclic) bond motifs is 1. The summed E-state index contributed by atoms with van der Waals surface area (Å²) in [6.07, 6.45) is -8.30. The Kier molecular flexibility index (Phi) is 11.6. The van der Waals surface area contributed by atoms with Crippen LogP contribution in [0.5, 0.6) is 17.2 Å². The van der Waals surface area contributed by atoms with Gasteiger partial charge in [0, 0.05) is 10.6 Å². The Labute approximate surface area is 291 Å². The van der Waals surface area contributed by atoms with Gasteiger partial charge in [0.1, 0.15) is 68.0 Å². The molecule has 7 N–H and O–H groups in total. The molecule has 0 spiro atoms. The van der Waals surface area contributed by atoms with Crippen LogP contribution in [0.25, 0.3) is 6.08 Å². The van der Waals surface area contributed by atoms with Crippen LogP contribution in [-0.4, -0.2) is 117 Å². The Morgan fingerprint density at radius 3 is 2.31 bits per heavy atom. The Morgan fingerprint density at radius 2 is 1.63 bits per heavy atom. The van der Waals surface area contributed by atoms with Gasteiger partial charge in [0.25, 0.3) is 0 Å². The zero-order valence-electron chi connectivity index (χ0n) is 26.5. The highest BCUT2D eigenvalue weighted by molar-refractivity contribution is 6.36. The first-order chi connectivity index (χ1) is 23.2. The Hall–Kier alpha value is -3.28. The summed E-state index contributed by atoms with van der Waals surface area (Å²) in [7, 11) is 0. The van der Waals surface area contributed by atoms with Gasteiger partial charge in [-0.15, -0.1) is 0 Å². The predicted octanol–water partition coefficient (Wildman–Crippen LogP) is 1.48. The number of carbonyl (C=O) groups excluding carboxylic acids is 2. The number of phenolic OH excluding ortho intramolecular Hbond substituents is 1. The summed E-state index contributed by atoms with van der Waals surface area (Å²) in [6, 6.07) is 5.84. The first kappa shape index (κ1) is 37.0. The molecule has 2 aromatic rings. The molecule has 49 heavy (non-hydrogen) atoms. The summed E-state index contributed by atoms with van der Waals surface area (Å²) in [5.74, 6) is -1.23. The van der Waals surface area contributed by atoms with Crippen LogP contribution in [0.2, 0.25) is 10.0 Å². The summed E-state index contributed by atoms with van der Waals surface area (Å²) in [6.45, 7) is 4.26. The molecule has 2 aromatic carbocycles. The number of amides is 1. The topological polar surface area (TPSA) is 214 Å². The van der Waals surface area contributed by atoms with Crippen LogP contribution in [0, 0.1) is 0 Å². The van der Waals surface area contributed by atoms with Crippen molar-refractivity contribution in [2.75, 3.05) is 13.4 Å². The fraction of sp³-hybridized carbons (Fsp3) is 0.455. The SMILES string of the molecule is CC(=O)c1cc(Cl)cc(Cl)c1OC/C=C(/C)[C@H]1O[C@@H](Oc2ccc(/C=C(\C)C(=O)N[C@@H]3[C@H](O)[C@@H](O)[C@H]4OCO[C@H]4[C@@H]3O)cc2O)[C@@H](O)[C@@H]1O. The summed E-state index contributed by atoms with van der Waals surface area (Å²) >= 11 is 12.2. The standard InChI is InChI=1S/C33H37Cl2NO13/c1-13(6-7-45-29-18(15(3)37)10-17(34)11-19(29)35)28-26(42)27(43)33(49-28)48-21-5-4-16(9-20(21)38)8-14(2)32(44)36-22-23(39)25(41)31-30(24(22)40)46-12-47-31/h4-6,8-11,22-28,30-31,33,38-43H,7,12H2,1-3H3,(H,36,44)/b13-6-,14-8+/t22-,23+,24-,25-,26+,27+,28-,30+,31-,33-/m1/s1. The number of benzene rings is 2. The molecule has 0 bridgehead atoms. The van der Waals surface area contributed by atoms with Gasteiger partial charge in [-0.1, -0.05) is 29.3 Å². The smallest absolute Gasteiger partial charge is 0.247 e. The quantitative estimate of drug-likeness (QED) is 0.105. The number of aliphatic hydroxyl groups excluding tert-OH is 5. The van der Waals surface area contributed by atoms with Gasteiger partial charge in [-0.2, -0.15) is 0 Å². The summed E-state index contributed by atoms with van der Waals surface area (Å²) in [5.41, 5.74) is 1.22. The van der Waals surface area contributed by atoms with Crippen LogP contribution in [0.3, 0.4) is 0 Å². The van der Waals surface area contributed by atoms with Crippen LogP contribution < -0.4 is 14.8 Å². The molecule has 1 aliphatic carbocycles. The van der Waals surface area contributed by atoms with Crippen molar-refractivity contribution in [3.63, 3.8) is 0 Å². The predicted molar refractivity (Wildman–Crippen MR) is 173 cm³/mol.